The number of benzene rings is 1. The van der Waals surface area contributed by atoms with Crippen LogP contribution in [0.15, 0.2) is 41.8 Å². The highest BCUT2D eigenvalue weighted by atomic mass is 32.2. The number of thiazole rings is 1. The van der Waals surface area contributed by atoms with Gasteiger partial charge in [-0.2, -0.15) is 0 Å². The topological polar surface area (TPSA) is 80.7 Å². The number of ether oxygens (including phenoxy) is 2. The fraction of sp³-hybridized carbons (Fsp3) is 0.400. The third kappa shape index (κ3) is 6.76. The molecule has 1 fully saturated rings. The van der Waals surface area contributed by atoms with E-state index in [2.05, 4.69) is 24.6 Å². The van der Waals surface area contributed by atoms with Gasteiger partial charge in [-0.25, -0.2) is 15.0 Å². The largest absolute Gasteiger partial charge is 0.573 e. The van der Waals surface area contributed by atoms with Crippen molar-refractivity contribution in [3.8, 4) is 5.75 Å². The van der Waals surface area contributed by atoms with E-state index >= 15 is 0 Å². The van der Waals surface area contributed by atoms with Gasteiger partial charge in [0.15, 0.2) is 10.3 Å². The van der Waals surface area contributed by atoms with Crippen LogP contribution in [0.3, 0.4) is 0 Å². The second kappa shape index (κ2) is 10.6. The van der Waals surface area contributed by atoms with Gasteiger partial charge in [-0.15, -0.1) is 13.2 Å². The first kappa shape index (κ1) is 23.7. The lowest BCUT2D eigenvalue weighted by Crippen LogP contribution is -2.43. The van der Waals surface area contributed by atoms with Crippen molar-refractivity contribution < 1.29 is 27.4 Å². The van der Waals surface area contributed by atoms with Gasteiger partial charge in [0, 0.05) is 44.6 Å². The lowest BCUT2D eigenvalue weighted by molar-refractivity contribution is -0.274. The molecule has 1 amide bonds. The zero-order chi connectivity index (χ0) is 23.3. The molecule has 1 saturated heterocycles. The molecule has 3 aromatic rings. The van der Waals surface area contributed by atoms with E-state index in [-0.39, 0.29) is 17.4 Å². The van der Waals surface area contributed by atoms with Gasteiger partial charge in [-0.05, 0) is 18.2 Å². The Kier molecular flexibility index (Phi) is 7.63. The third-order valence-electron chi connectivity index (χ3n) is 4.72. The minimum absolute atomic E-state index is 0.103. The molecule has 0 saturated carbocycles. The van der Waals surface area contributed by atoms with Crippen LogP contribution >= 0.6 is 23.1 Å². The maximum Gasteiger partial charge on any atom is 0.573 e. The Morgan fingerprint density at radius 1 is 1.24 bits per heavy atom. The number of rotatable bonds is 8. The molecule has 0 spiro atoms. The molecular formula is C20H20F3N5O3S2. The standard InChI is InChI=1S/C20H20F3N5O3S2/c21-20(22,23)31-14-2-3-15-16(12-14)33-19(26-15)28(7-6-27-8-10-30-11-9-27)17(29)13-32-18-24-4-1-5-25-18/h1-5,12H,6-11,13H2. The van der Waals surface area contributed by atoms with E-state index in [1.54, 1.807) is 23.4 Å². The summed E-state index contributed by atoms with van der Waals surface area (Å²) in [5.41, 5.74) is 0.493. The molecule has 0 radical (unpaired) electrons. The van der Waals surface area contributed by atoms with Crippen molar-refractivity contribution in [1.82, 2.24) is 19.9 Å². The Hall–Kier alpha value is -2.48. The number of halogens is 3. The normalized spacial score (nSPS) is 15.0. The number of morpholine rings is 1. The average Bonchev–Trinajstić information content (AvgIpc) is 3.21. The summed E-state index contributed by atoms with van der Waals surface area (Å²) < 4.78 is 47.6. The van der Waals surface area contributed by atoms with Gasteiger partial charge < -0.3 is 9.47 Å². The van der Waals surface area contributed by atoms with Crippen LogP contribution in [0.5, 0.6) is 5.75 Å². The van der Waals surface area contributed by atoms with Crippen LogP contribution in [0.4, 0.5) is 18.3 Å². The first-order valence-corrected chi connectivity index (χ1v) is 11.8. The van der Waals surface area contributed by atoms with Gasteiger partial charge in [0.25, 0.3) is 0 Å². The maximum absolute atomic E-state index is 13.1. The van der Waals surface area contributed by atoms with Crippen LogP contribution < -0.4 is 9.64 Å². The predicted octanol–water partition coefficient (Wildman–Crippen LogP) is 3.44. The van der Waals surface area contributed by atoms with Crippen LogP contribution in [0.25, 0.3) is 10.2 Å². The van der Waals surface area contributed by atoms with Crippen molar-refractivity contribution in [2.75, 3.05) is 50.0 Å². The van der Waals surface area contributed by atoms with Gasteiger partial charge in [-0.3, -0.25) is 14.6 Å². The van der Waals surface area contributed by atoms with Crippen molar-refractivity contribution in [2.24, 2.45) is 0 Å². The molecule has 3 heterocycles. The van der Waals surface area contributed by atoms with Crippen LogP contribution in [-0.4, -0.2) is 77.3 Å². The van der Waals surface area contributed by atoms with Crippen molar-refractivity contribution in [1.29, 1.82) is 0 Å². The molecule has 0 atom stereocenters. The Bertz CT molecular complexity index is 1080. The first-order chi connectivity index (χ1) is 15.9. The highest BCUT2D eigenvalue weighted by molar-refractivity contribution is 7.99. The molecule has 13 heteroatoms. The number of hydrogen-bond acceptors (Lipinski definition) is 9. The summed E-state index contributed by atoms with van der Waals surface area (Å²) in [5.74, 6) is -0.411. The summed E-state index contributed by atoms with van der Waals surface area (Å²) in [7, 11) is 0. The number of amides is 1. The van der Waals surface area contributed by atoms with E-state index in [1.807, 2.05) is 0 Å². The number of carbonyl (C=O) groups is 1. The fourth-order valence-corrected chi connectivity index (χ4v) is 4.88. The summed E-state index contributed by atoms with van der Waals surface area (Å²) in [4.78, 5) is 29.6. The van der Waals surface area contributed by atoms with Crippen LogP contribution in [0.2, 0.25) is 0 Å². The smallest absolute Gasteiger partial charge is 0.406 e. The van der Waals surface area contributed by atoms with Crippen LogP contribution in [0, 0.1) is 0 Å². The van der Waals surface area contributed by atoms with Gasteiger partial charge in [0.1, 0.15) is 5.75 Å². The second-order valence-electron chi connectivity index (χ2n) is 6.99. The van der Waals surface area contributed by atoms with Gasteiger partial charge >= 0.3 is 6.36 Å². The number of hydrogen-bond donors (Lipinski definition) is 0. The Morgan fingerprint density at radius 2 is 2.00 bits per heavy atom. The Labute approximate surface area is 195 Å². The zero-order valence-electron chi connectivity index (χ0n) is 17.3. The van der Waals surface area contributed by atoms with Crippen LogP contribution in [-0.2, 0) is 9.53 Å². The maximum atomic E-state index is 13.1. The SMILES string of the molecule is O=C(CSc1ncccn1)N(CCN1CCOCC1)c1nc2ccc(OC(F)(F)F)cc2s1. The molecule has 4 rings (SSSR count). The van der Waals surface area contributed by atoms with E-state index in [0.29, 0.717) is 46.8 Å². The molecule has 0 bridgehead atoms. The number of carbonyl (C=O) groups excluding carboxylic acids is 1. The van der Waals surface area contributed by atoms with Gasteiger partial charge in [-0.1, -0.05) is 23.1 Å². The van der Waals surface area contributed by atoms with Crippen molar-refractivity contribution in [2.45, 2.75) is 11.5 Å². The van der Waals surface area contributed by atoms with Crippen molar-refractivity contribution >= 4 is 44.4 Å². The van der Waals surface area contributed by atoms with E-state index < -0.39 is 6.36 Å². The summed E-state index contributed by atoms with van der Waals surface area (Å²) in [6, 6.07) is 5.63. The number of anilines is 1. The highest BCUT2D eigenvalue weighted by Gasteiger charge is 2.31. The van der Waals surface area contributed by atoms with Crippen LogP contribution in [0.1, 0.15) is 0 Å². The fourth-order valence-electron chi connectivity index (χ4n) is 3.16. The molecule has 1 aliphatic rings. The number of thioether (sulfide) groups is 1. The minimum Gasteiger partial charge on any atom is -0.406 e. The summed E-state index contributed by atoms with van der Waals surface area (Å²) >= 11 is 2.36. The second-order valence-corrected chi connectivity index (χ2v) is 8.94. The molecule has 0 aliphatic carbocycles. The predicted molar refractivity (Wildman–Crippen MR) is 119 cm³/mol. The summed E-state index contributed by atoms with van der Waals surface area (Å²) in [6.07, 6.45) is -1.58. The zero-order valence-corrected chi connectivity index (χ0v) is 19.0. The number of aromatic nitrogens is 3. The first-order valence-electron chi connectivity index (χ1n) is 10.0. The molecule has 1 aliphatic heterocycles. The monoisotopic (exact) mass is 499 g/mol. The third-order valence-corrected chi connectivity index (χ3v) is 6.63. The average molecular weight is 500 g/mol. The van der Waals surface area contributed by atoms with Gasteiger partial charge in [0.05, 0.1) is 29.2 Å². The molecule has 33 heavy (non-hydrogen) atoms. The quantitative estimate of drug-likeness (QED) is 0.345. The van der Waals surface area contributed by atoms with Crippen molar-refractivity contribution in [3.05, 3.63) is 36.7 Å². The lowest BCUT2D eigenvalue weighted by atomic mass is 10.3. The van der Waals surface area contributed by atoms with E-state index in [0.717, 1.165) is 24.4 Å². The van der Waals surface area contributed by atoms with E-state index in [4.69, 9.17) is 4.74 Å². The van der Waals surface area contributed by atoms with E-state index in [1.165, 1.54) is 30.0 Å². The summed E-state index contributed by atoms with van der Waals surface area (Å²) in [5, 5.41) is 0.902. The molecule has 0 N–H and O–H groups in total. The molecular weight excluding hydrogens is 479 g/mol. The minimum atomic E-state index is -4.78. The molecule has 8 nitrogen and oxygen atoms in total. The number of fused-ring (bicyclic) bond motifs is 1. The Morgan fingerprint density at radius 3 is 2.73 bits per heavy atom. The van der Waals surface area contributed by atoms with E-state index in [9.17, 15) is 18.0 Å². The molecule has 1 aromatic carbocycles. The highest BCUT2D eigenvalue weighted by Crippen LogP contribution is 2.33. The molecule has 2 aromatic heterocycles. The number of alkyl halides is 3. The molecule has 176 valence electrons. The summed E-state index contributed by atoms with van der Waals surface area (Å²) in [6.45, 7) is 3.83. The Balaban J connectivity index is 1.52. The van der Waals surface area contributed by atoms with Crippen molar-refractivity contribution in [3.63, 3.8) is 0 Å². The molecule has 0 unspecified atom stereocenters. The van der Waals surface area contributed by atoms with Gasteiger partial charge in [0.2, 0.25) is 5.91 Å². The number of nitrogens with zero attached hydrogens (tertiary/aromatic N) is 5. The lowest BCUT2D eigenvalue weighted by Gasteiger charge is -2.29.